The Morgan fingerprint density at radius 1 is 1.50 bits per heavy atom. The number of aryl methyl sites for hydroxylation is 1. The smallest absolute Gasteiger partial charge is 0.134 e. The van der Waals surface area contributed by atoms with E-state index in [-0.39, 0.29) is 0 Å². The zero-order valence-corrected chi connectivity index (χ0v) is 9.32. The van der Waals surface area contributed by atoms with Crippen LogP contribution in [-0.2, 0) is 6.42 Å². The van der Waals surface area contributed by atoms with Crippen molar-refractivity contribution in [1.29, 1.82) is 0 Å². The molecule has 0 aliphatic heterocycles. The summed E-state index contributed by atoms with van der Waals surface area (Å²) in [5, 5.41) is 1.22. The first-order valence-electron chi connectivity index (χ1n) is 5.62. The van der Waals surface area contributed by atoms with Crippen LogP contribution in [0.15, 0.2) is 22.8 Å². The second kappa shape index (κ2) is 3.52. The lowest BCUT2D eigenvalue weighted by molar-refractivity contribution is 0.408. The summed E-state index contributed by atoms with van der Waals surface area (Å²) in [6.07, 6.45) is 3.96. The summed E-state index contributed by atoms with van der Waals surface area (Å²) in [4.78, 5) is 0. The van der Waals surface area contributed by atoms with Crippen LogP contribution >= 0.6 is 0 Å². The fraction of sp³-hybridized carbons (Fsp3) is 0.385. The van der Waals surface area contributed by atoms with Crippen molar-refractivity contribution >= 4 is 11.0 Å². The molecule has 0 saturated carbocycles. The second-order valence-corrected chi connectivity index (χ2v) is 4.28. The maximum Gasteiger partial charge on any atom is 0.134 e. The third-order valence-electron chi connectivity index (χ3n) is 3.52. The molecular weight excluding hydrogens is 202 g/mol. The first kappa shape index (κ1) is 9.73. The molecule has 1 aromatic carbocycles. The van der Waals surface area contributed by atoms with E-state index in [4.69, 9.17) is 14.9 Å². The van der Waals surface area contributed by atoms with E-state index in [9.17, 15) is 0 Å². The number of furan rings is 1. The molecule has 1 aliphatic rings. The lowest BCUT2D eigenvalue weighted by Gasteiger charge is -2.21. The zero-order valence-electron chi connectivity index (χ0n) is 9.32. The molecule has 1 atom stereocenters. The predicted molar refractivity (Wildman–Crippen MR) is 62.9 cm³/mol. The van der Waals surface area contributed by atoms with Gasteiger partial charge >= 0.3 is 0 Å². The van der Waals surface area contributed by atoms with Gasteiger partial charge in [-0.3, -0.25) is 0 Å². The van der Waals surface area contributed by atoms with Gasteiger partial charge in [0.15, 0.2) is 0 Å². The molecule has 3 heteroatoms. The molecule has 1 aromatic heterocycles. The van der Waals surface area contributed by atoms with Gasteiger partial charge in [0, 0.05) is 22.4 Å². The Balaban J connectivity index is 2.31. The summed E-state index contributed by atoms with van der Waals surface area (Å²) in [6, 6.07) is 3.95. The highest BCUT2D eigenvalue weighted by Gasteiger charge is 2.25. The van der Waals surface area contributed by atoms with E-state index in [2.05, 4.69) is 0 Å². The Kier molecular flexibility index (Phi) is 2.14. The van der Waals surface area contributed by atoms with E-state index in [1.165, 1.54) is 16.5 Å². The van der Waals surface area contributed by atoms with Crippen molar-refractivity contribution < 1.29 is 9.15 Å². The van der Waals surface area contributed by atoms with Crippen LogP contribution in [0.4, 0.5) is 0 Å². The minimum atomic E-state index is 0.431. The van der Waals surface area contributed by atoms with Gasteiger partial charge in [-0.15, -0.1) is 0 Å². The van der Waals surface area contributed by atoms with Gasteiger partial charge in [0.2, 0.25) is 0 Å². The minimum Gasteiger partial charge on any atom is -0.496 e. The molecule has 1 heterocycles. The summed E-state index contributed by atoms with van der Waals surface area (Å²) in [7, 11) is 1.71. The van der Waals surface area contributed by atoms with Gasteiger partial charge in [-0.2, -0.15) is 0 Å². The fourth-order valence-corrected chi connectivity index (χ4v) is 2.67. The van der Waals surface area contributed by atoms with E-state index in [1.54, 1.807) is 7.11 Å². The van der Waals surface area contributed by atoms with E-state index in [1.807, 2.05) is 18.4 Å². The van der Waals surface area contributed by atoms with Crippen molar-refractivity contribution in [1.82, 2.24) is 0 Å². The van der Waals surface area contributed by atoms with E-state index in [0.717, 1.165) is 24.2 Å². The molecule has 0 bridgehead atoms. The van der Waals surface area contributed by atoms with E-state index >= 15 is 0 Å². The summed E-state index contributed by atoms with van der Waals surface area (Å²) in [6.45, 7) is 0.686. The van der Waals surface area contributed by atoms with Crippen LogP contribution in [0, 0.1) is 0 Å². The van der Waals surface area contributed by atoms with Gasteiger partial charge in [-0.1, -0.05) is 0 Å². The van der Waals surface area contributed by atoms with Crippen LogP contribution in [0.3, 0.4) is 0 Å². The molecule has 0 spiro atoms. The van der Waals surface area contributed by atoms with Crippen LogP contribution in [0.25, 0.3) is 11.0 Å². The van der Waals surface area contributed by atoms with Crippen LogP contribution in [-0.4, -0.2) is 13.7 Å². The third-order valence-corrected chi connectivity index (χ3v) is 3.52. The van der Waals surface area contributed by atoms with Crippen molar-refractivity contribution in [2.45, 2.75) is 18.8 Å². The highest BCUT2D eigenvalue weighted by atomic mass is 16.5. The van der Waals surface area contributed by atoms with Crippen LogP contribution in [0.5, 0.6) is 5.75 Å². The molecular formula is C13H15NO2. The van der Waals surface area contributed by atoms with Gasteiger partial charge in [0.25, 0.3) is 0 Å². The zero-order chi connectivity index (χ0) is 11.1. The number of ether oxygens (including phenoxy) is 1. The molecule has 3 rings (SSSR count). The summed E-state index contributed by atoms with van der Waals surface area (Å²) < 4.78 is 11.0. The monoisotopic (exact) mass is 217 g/mol. The molecule has 1 aliphatic carbocycles. The molecule has 0 saturated heterocycles. The van der Waals surface area contributed by atoms with Crippen LogP contribution < -0.4 is 10.5 Å². The fourth-order valence-electron chi connectivity index (χ4n) is 2.67. The lowest BCUT2D eigenvalue weighted by atomic mass is 9.84. The number of benzene rings is 1. The Morgan fingerprint density at radius 2 is 2.38 bits per heavy atom. The molecule has 16 heavy (non-hydrogen) atoms. The molecule has 0 amide bonds. The van der Waals surface area contributed by atoms with Crippen LogP contribution in [0.1, 0.15) is 23.5 Å². The molecule has 3 nitrogen and oxygen atoms in total. The van der Waals surface area contributed by atoms with Gasteiger partial charge in [-0.05, 0) is 31.5 Å². The summed E-state index contributed by atoms with van der Waals surface area (Å²) in [5.41, 5.74) is 9.26. The third kappa shape index (κ3) is 1.18. The topological polar surface area (TPSA) is 48.4 Å². The highest BCUT2D eigenvalue weighted by Crippen LogP contribution is 2.41. The van der Waals surface area contributed by atoms with Gasteiger partial charge in [0.1, 0.15) is 11.3 Å². The number of rotatable bonds is 2. The number of nitrogens with two attached hydrogens (primary N) is 1. The van der Waals surface area contributed by atoms with Gasteiger partial charge in [0.05, 0.1) is 13.4 Å². The molecule has 1 unspecified atom stereocenters. The first-order chi connectivity index (χ1) is 7.85. The molecule has 2 N–H and O–H groups in total. The molecule has 84 valence electrons. The highest BCUT2D eigenvalue weighted by molar-refractivity contribution is 5.88. The largest absolute Gasteiger partial charge is 0.496 e. The molecule has 0 fully saturated rings. The second-order valence-electron chi connectivity index (χ2n) is 4.28. The summed E-state index contributed by atoms with van der Waals surface area (Å²) in [5.74, 6) is 1.39. The van der Waals surface area contributed by atoms with E-state index < -0.39 is 0 Å². The molecule has 2 aromatic rings. The number of hydrogen-bond acceptors (Lipinski definition) is 3. The minimum absolute atomic E-state index is 0.431. The van der Waals surface area contributed by atoms with Crippen molar-refractivity contribution in [2.24, 2.45) is 5.73 Å². The normalized spacial score (nSPS) is 19.0. The molecule has 0 radical (unpaired) electrons. The Morgan fingerprint density at radius 3 is 3.12 bits per heavy atom. The number of methoxy groups -OCH3 is 1. The van der Waals surface area contributed by atoms with Gasteiger partial charge < -0.3 is 14.9 Å². The first-order valence-corrected chi connectivity index (χ1v) is 5.62. The Hall–Kier alpha value is -1.48. The summed E-state index contributed by atoms with van der Waals surface area (Å²) >= 11 is 0. The van der Waals surface area contributed by atoms with Crippen molar-refractivity contribution in [3.8, 4) is 5.75 Å². The van der Waals surface area contributed by atoms with E-state index in [0.29, 0.717) is 12.5 Å². The number of hydrogen-bond donors (Lipinski definition) is 1. The lowest BCUT2D eigenvalue weighted by Crippen LogP contribution is -2.16. The standard InChI is InChI=1S/C13H15NO2/c1-15-11-4-5-12-13-9(11)3-2-8(6-14)10(13)7-16-12/h4-5,7-8H,2-3,6,14H2,1H3. The average Bonchev–Trinajstić information content (AvgIpc) is 2.76. The predicted octanol–water partition coefficient (Wildman–Crippen LogP) is 2.43. The van der Waals surface area contributed by atoms with Crippen LogP contribution in [0.2, 0.25) is 0 Å². The maximum atomic E-state index is 5.79. The van der Waals surface area contributed by atoms with Crippen molar-refractivity contribution in [2.75, 3.05) is 13.7 Å². The maximum absolute atomic E-state index is 5.79. The Bertz CT molecular complexity index is 530. The van der Waals surface area contributed by atoms with Gasteiger partial charge in [-0.25, -0.2) is 0 Å². The average molecular weight is 217 g/mol. The Labute approximate surface area is 94.2 Å². The SMILES string of the molecule is COc1ccc2occ3c2c1CCC3CN. The quantitative estimate of drug-likeness (QED) is 0.840. The van der Waals surface area contributed by atoms with Crippen molar-refractivity contribution in [3.05, 3.63) is 29.5 Å². The van der Waals surface area contributed by atoms with Crippen molar-refractivity contribution in [3.63, 3.8) is 0 Å².